The Hall–Kier alpha value is -1.68. The lowest BCUT2D eigenvalue weighted by atomic mass is 10.0. The van der Waals surface area contributed by atoms with E-state index in [1.165, 1.54) is 0 Å². The average molecular weight is 259 g/mol. The zero-order valence-electron chi connectivity index (χ0n) is 11.2. The molecule has 4 heteroatoms. The van der Waals surface area contributed by atoms with E-state index in [0.29, 0.717) is 12.1 Å². The summed E-state index contributed by atoms with van der Waals surface area (Å²) in [4.78, 5) is 25.8. The number of ether oxygens (including phenoxy) is 1. The summed E-state index contributed by atoms with van der Waals surface area (Å²) in [7, 11) is 0. The number of rotatable bonds is 2. The van der Waals surface area contributed by atoms with Crippen LogP contribution in [0.3, 0.4) is 0 Å². The van der Waals surface area contributed by atoms with Crippen molar-refractivity contribution >= 4 is 17.4 Å². The van der Waals surface area contributed by atoms with Crippen molar-refractivity contribution < 1.29 is 14.3 Å². The number of fused-ring (bicyclic) bond motifs is 1. The lowest BCUT2D eigenvalue weighted by Crippen LogP contribution is -2.36. The third kappa shape index (κ3) is 1.96. The highest BCUT2D eigenvalue weighted by Gasteiger charge is 2.38. The molecule has 19 heavy (non-hydrogen) atoms. The number of nitrogens with zero attached hydrogens (tertiary/aromatic N) is 1. The van der Waals surface area contributed by atoms with Crippen molar-refractivity contribution in [2.24, 2.45) is 0 Å². The van der Waals surface area contributed by atoms with E-state index < -0.39 is 5.91 Å². The van der Waals surface area contributed by atoms with Crippen molar-refractivity contribution in [3.05, 3.63) is 28.8 Å². The number of aryl methyl sites for hydroxylation is 2. The molecule has 1 fully saturated rings. The molecule has 1 atom stereocenters. The van der Waals surface area contributed by atoms with Crippen molar-refractivity contribution in [3.63, 3.8) is 0 Å². The predicted octanol–water partition coefficient (Wildman–Crippen LogP) is 2.01. The van der Waals surface area contributed by atoms with Gasteiger partial charge in [0.15, 0.2) is 0 Å². The molecule has 0 radical (unpaired) electrons. The minimum Gasteiger partial charge on any atom is -0.376 e. The molecular weight excluding hydrogens is 242 g/mol. The van der Waals surface area contributed by atoms with Gasteiger partial charge in [-0.2, -0.15) is 0 Å². The molecule has 0 aromatic heterocycles. The fourth-order valence-corrected chi connectivity index (χ4v) is 2.97. The van der Waals surface area contributed by atoms with Crippen LogP contribution in [0, 0.1) is 13.8 Å². The predicted molar refractivity (Wildman–Crippen MR) is 71.6 cm³/mol. The molecule has 4 nitrogen and oxygen atoms in total. The number of ketones is 1. The SMILES string of the molecule is Cc1cc(C)c2c(c1)N(CC1CCCO1)C(=O)C2=O. The maximum atomic E-state index is 12.1. The van der Waals surface area contributed by atoms with Gasteiger partial charge in [-0.3, -0.25) is 9.59 Å². The first-order chi connectivity index (χ1) is 9.08. The molecular formula is C15H17NO3. The van der Waals surface area contributed by atoms with Crippen LogP contribution in [-0.2, 0) is 9.53 Å². The van der Waals surface area contributed by atoms with Gasteiger partial charge in [0.05, 0.1) is 23.9 Å². The Balaban J connectivity index is 1.98. The van der Waals surface area contributed by atoms with Gasteiger partial charge >= 0.3 is 0 Å². The molecule has 1 aromatic rings. The number of hydrogen-bond acceptors (Lipinski definition) is 3. The first-order valence-electron chi connectivity index (χ1n) is 6.67. The van der Waals surface area contributed by atoms with Crippen LogP contribution in [0.15, 0.2) is 12.1 Å². The second-order valence-electron chi connectivity index (χ2n) is 5.36. The highest BCUT2D eigenvalue weighted by molar-refractivity contribution is 6.52. The van der Waals surface area contributed by atoms with Gasteiger partial charge in [-0.1, -0.05) is 6.07 Å². The van der Waals surface area contributed by atoms with Gasteiger partial charge in [0, 0.05) is 6.61 Å². The standard InChI is InChI=1S/C15H17NO3/c1-9-6-10(2)13-12(7-9)16(15(18)14(13)17)8-11-4-3-5-19-11/h6-7,11H,3-5,8H2,1-2H3. The number of amides is 1. The molecule has 0 saturated carbocycles. The minimum atomic E-state index is -0.417. The largest absolute Gasteiger partial charge is 0.376 e. The Morgan fingerprint density at radius 1 is 1.32 bits per heavy atom. The summed E-state index contributed by atoms with van der Waals surface area (Å²) in [6, 6.07) is 3.86. The second-order valence-corrected chi connectivity index (χ2v) is 5.36. The molecule has 0 spiro atoms. The molecule has 2 aliphatic rings. The lowest BCUT2D eigenvalue weighted by molar-refractivity contribution is -0.114. The van der Waals surface area contributed by atoms with Gasteiger partial charge in [0.2, 0.25) is 0 Å². The highest BCUT2D eigenvalue weighted by atomic mass is 16.5. The number of Topliss-reactive ketones (excluding diaryl/α,β-unsaturated/α-hetero) is 1. The van der Waals surface area contributed by atoms with Crippen LogP contribution in [0.2, 0.25) is 0 Å². The van der Waals surface area contributed by atoms with E-state index in [0.717, 1.165) is 36.3 Å². The van der Waals surface area contributed by atoms with Gasteiger partial charge < -0.3 is 9.64 Å². The number of carbonyl (C=O) groups is 2. The Kier molecular flexibility index (Phi) is 2.90. The quantitative estimate of drug-likeness (QED) is 0.763. The van der Waals surface area contributed by atoms with E-state index in [4.69, 9.17) is 4.74 Å². The summed E-state index contributed by atoms with van der Waals surface area (Å²) >= 11 is 0. The molecule has 0 bridgehead atoms. The smallest absolute Gasteiger partial charge is 0.299 e. The summed E-state index contributed by atoms with van der Waals surface area (Å²) in [6.45, 7) is 5.10. The molecule has 1 unspecified atom stereocenters. The van der Waals surface area contributed by atoms with E-state index in [1.54, 1.807) is 4.90 Å². The fourth-order valence-electron chi connectivity index (χ4n) is 2.97. The topological polar surface area (TPSA) is 46.6 Å². The second kappa shape index (κ2) is 4.46. The van der Waals surface area contributed by atoms with E-state index >= 15 is 0 Å². The molecule has 0 N–H and O–H groups in total. The maximum absolute atomic E-state index is 12.1. The monoisotopic (exact) mass is 259 g/mol. The van der Waals surface area contributed by atoms with E-state index in [2.05, 4.69) is 0 Å². The van der Waals surface area contributed by atoms with Crippen molar-refractivity contribution in [1.82, 2.24) is 0 Å². The van der Waals surface area contributed by atoms with E-state index in [1.807, 2.05) is 26.0 Å². The van der Waals surface area contributed by atoms with Crippen LogP contribution in [0.4, 0.5) is 5.69 Å². The van der Waals surface area contributed by atoms with E-state index in [-0.39, 0.29) is 11.9 Å². The minimum absolute atomic E-state index is 0.0588. The zero-order chi connectivity index (χ0) is 13.6. The number of benzene rings is 1. The first kappa shape index (κ1) is 12.4. The zero-order valence-corrected chi connectivity index (χ0v) is 11.2. The molecule has 1 saturated heterocycles. The maximum Gasteiger partial charge on any atom is 0.299 e. The molecule has 3 rings (SSSR count). The van der Waals surface area contributed by atoms with Crippen molar-refractivity contribution in [2.45, 2.75) is 32.8 Å². The van der Waals surface area contributed by atoms with Crippen LogP contribution >= 0.6 is 0 Å². The molecule has 1 aromatic carbocycles. The van der Waals surface area contributed by atoms with Crippen molar-refractivity contribution in [1.29, 1.82) is 0 Å². The van der Waals surface area contributed by atoms with E-state index in [9.17, 15) is 9.59 Å². The average Bonchev–Trinajstić information content (AvgIpc) is 2.93. The Morgan fingerprint density at radius 3 is 2.79 bits per heavy atom. The molecule has 0 aliphatic carbocycles. The van der Waals surface area contributed by atoms with Gasteiger partial charge in [-0.25, -0.2) is 0 Å². The van der Waals surface area contributed by atoms with Crippen LogP contribution in [0.25, 0.3) is 0 Å². The molecule has 2 aliphatic heterocycles. The lowest BCUT2D eigenvalue weighted by Gasteiger charge is -2.20. The van der Waals surface area contributed by atoms with Crippen LogP contribution in [0.1, 0.15) is 34.3 Å². The Bertz CT molecular complexity index is 559. The Labute approximate surface area is 112 Å². The van der Waals surface area contributed by atoms with Crippen molar-refractivity contribution in [2.75, 3.05) is 18.1 Å². The number of hydrogen-bond donors (Lipinski definition) is 0. The molecule has 2 heterocycles. The number of carbonyl (C=O) groups excluding carboxylic acids is 2. The summed E-state index contributed by atoms with van der Waals surface area (Å²) in [6.07, 6.45) is 2.04. The van der Waals surface area contributed by atoms with Crippen LogP contribution in [-0.4, -0.2) is 30.9 Å². The van der Waals surface area contributed by atoms with Crippen LogP contribution in [0.5, 0.6) is 0 Å². The Morgan fingerprint density at radius 2 is 2.11 bits per heavy atom. The van der Waals surface area contributed by atoms with Gasteiger partial charge in [0.25, 0.3) is 11.7 Å². The third-order valence-electron chi connectivity index (χ3n) is 3.83. The normalized spacial score (nSPS) is 22.2. The molecule has 100 valence electrons. The van der Waals surface area contributed by atoms with Crippen molar-refractivity contribution in [3.8, 4) is 0 Å². The summed E-state index contributed by atoms with van der Waals surface area (Å²) < 4.78 is 5.57. The highest BCUT2D eigenvalue weighted by Crippen LogP contribution is 2.33. The summed E-state index contributed by atoms with van der Waals surface area (Å²) in [5.74, 6) is -0.801. The van der Waals surface area contributed by atoms with Gasteiger partial charge in [0.1, 0.15) is 0 Å². The fraction of sp³-hybridized carbons (Fsp3) is 0.467. The number of anilines is 1. The molecule has 1 amide bonds. The van der Waals surface area contributed by atoms with Gasteiger partial charge in [-0.15, -0.1) is 0 Å². The summed E-state index contributed by atoms with van der Waals surface area (Å²) in [5, 5.41) is 0. The third-order valence-corrected chi connectivity index (χ3v) is 3.83. The van der Waals surface area contributed by atoms with Gasteiger partial charge in [-0.05, 0) is 43.9 Å². The van der Waals surface area contributed by atoms with Crippen LogP contribution < -0.4 is 4.90 Å². The first-order valence-corrected chi connectivity index (χ1v) is 6.67. The summed E-state index contributed by atoms with van der Waals surface area (Å²) in [5.41, 5.74) is 3.26.